The number of rotatable bonds is 5. The molecule has 18 heavy (non-hydrogen) atoms. The van der Waals surface area contributed by atoms with Crippen molar-refractivity contribution in [3.63, 3.8) is 0 Å². The van der Waals surface area contributed by atoms with Gasteiger partial charge in [-0.25, -0.2) is 0 Å². The molecule has 1 saturated carbocycles. The molecule has 0 aromatic carbocycles. The van der Waals surface area contributed by atoms with E-state index in [0.29, 0.717) is 5.92 Å². The van der Waals surface area contributed by atoms with E-state index in [4.69, 9.17) is 5.73 Å². The molecule has 1 unspecified atom stereocenters. The van der Waals surface area contributed by atoms with Gasteiger partial charge in [-0.05, 0) is 51.7 Å². The Balaban J connectivity index is 2.00. The van der Waals surface area contributed by atoms with Crippen molar-refractivity contribution in [2.24, 2.45) is 11.7 Å². The number of primary amides is 1. The smallest absolute Gasteiger partial charge is 0.239 e. The van der Waals surface area contributed by atoms with Crippen molar-refractivity contribution in [2.45, 2.75) is 50.5 Å². The minimum atomic E-state index is -0.487. The lowest BCUT2D eigenvalue weighted by Crippen LogP contribution is -2.62. The lowest BCUT2D eigenvalue weighted by molar-refractivity contribution is -0.126. The number of hydrogen-bond acceptors (Lipinski definition) is 3. The molecule has 1 aliphatic carbocycles. The van der Waals surface area contributed by atoms with Gasteiger partial charge in [0.05, 0.1) is 0 Å². The van der Waals surface area contributed by atoms with Gasteiger partial charge in [-0.1, -0.05) is 19.3 Å². The van der Waals surface area contributed by atoms with Crippen LogP contribution in [0.25, 0.3) is 0 Å². The predicted octanol–water partition coefficient (Wildman–Crippen LogP) is 1.11. The third-order valence-corrected chi connectivity index (χ3v) is 4.58. The lowest BCUT2D eigenvalue weighted by Gasteiger charge is -2.37. The fourth-order valence-corrected chi connectivity index (χ4v) is 3.21. The SMILES string of the molecule is CNC(CN1CCCCCCC1)(C(N)=O)C1CC1. The average Bonchev–Trinajstić information content (AvgIpc) is 3.12. The number of nitrogens with one attached hydrogen (secondary N) is 1. The largest absolute Gasteiger partial charge is 0.368 e. The van der Waals surface area contributed by atoms with Crippen LogP contribution < -0.4 is 11.1 Å². The van der Waals surface area contributed by atoms with Crippen molar-refractivity contribution in [3.8, 4) is 0 Å². The minimum absolute atomic E-state index is 0.172. The topological polar surface area (TPSA) is 58.4 Å². The number of likely N-dealkylation sites (N-methyl/N-ethyl adjacent to an activating group) is 1. The summed E-state index contributed by atoms with van der Waals surface area (Å²) in [5.74, 6) is 0.278. The van der Waals surface area contributed by atoms with E-state index in [0.717, 1.165) is 32.5 Å². The van der Waals surface area contributed by atoms with E-state index in [2.05, 4.69) is 10.2 Å². The van der Waals surface area contributed by atoms with Gasteiger partial charge in [0.1, 0.15) is 5.54 Å². The van der Waals surface area contributed by atoms with E-state index in [1.54, 1.807) is 0 Å². The molecule has 0 spiro atoms. The quantitative estimate of drug-likeness (QED) is 0.771. The Morgan fingerprint density at radius 3 is 2.22 bits per heavy atom. The Kier molecular flexibility index (Phi) is 4.62. The Morgan fingerprint density at radius 2 is 1.78 bits per heavy atom. The zero-order chi connectivity index (χ0) is 13.0. The first-order valence-corrected chi connectivity index (χ1v) is 7.40. The van der Waals surface area contributed by atoms with Gasteiger partial charge in [0.15, 0.2) is 0 Å². The molecule has 1 aliphatic heterocycles. The van der Waals surface area contributed by atoms with E-state index < -0.39 is 5.54 Å². The summed E-state index contributed by atoms with van der Waals surface area (Å²) in [5, 5.41) is 3.24. The molecule has 2 aliphatic rings. The normalized spacial score (nSPS) is 26.1. The van der Waals surface area contributed by atoms with E-state index in [1.807, 2.05) is 7.05 Å². The van der Waals surface area contributed by atoms with E-state index in [-0.39, 0.29) is 5.91 Å². The molecule has 1 amide bonds. The highest BCUT2D eigenvalue weighted by Gasteiger charge is 2.49. The van der Waals surface area contributed by atoms with Crippen molar-refractivity contribution in [3.05, 3.63) is 0 Å². The molecule has 0 aromatic rings. The summed E-state index contributed by atoms with van der Waals surface area (Å²) in [5.41, 5.74) is 5.20. The van der Waals surface area contributed by atoms with Crippen LogP contribution in [0, 0.1) is 5.92 Å². The van der Waals surface area contributed by atoms with Crippen LogP contribution in [0.4, 0.5) is 0 Å². The second kappa shape index (κ2) is 6.02. The van der Waals surface area contributed by atoms with Gasteiger partial charge in [-0.15, -0.1) is 0 Å². The van der Waals surface area contributed by atoms with Crippen LogP contribution in [-0.4, -0.2) is 43.0 Å². The first-order chi connectivity index (χ1) is 8.69. The first kappa shape index (κ1) is 13.8. The van der Waals surface area contributed by atoms with Gasteiger partial charge in [-0.3, -0.25) is 4.79 Å². The molecule has 1 heterocycles. The number of carbonyl (C=O) groups is 1. The second-order valence-corrected chi connectivity index (χ2v) is 5.90. The third kappa shape index (κ3) is 3.04. The molecule has 104 valence electrons. The van der Waals surface area contributed by atoms with Crippen LogP contribution in [0.3, 0.4) is 0 Å². The lowest BCUT2D eigenvalue weighted by atomic mass is 9.91. The summed E-state index contributed by atoms with van der Waals surface area (Å²) in [4.78, 5) is 14.3. The molecule has 0 radical (unpaired) electrons. The van der Waals surface area contributed by atoms with Gasteiger partial charge in [0.2, 0.25) is 5.91 Å². The van der Waals surface area contributed by atoms with Gasteiger partial charge in [0.25, 0.3) is 0 Å². The molecule has 3 N–H and O–H groups in total. The summed E-state index contributed by atoms with van der Waals surface area (Å²) in [6.45, 7) is 3.02. The monoisotopic (exact) mass is 253 g/mol. The number of nitrogens with two attached hydrogens (primary N) is 1. The zero-order valence-electron chi connectivity index (χ0n) is 11.6. The van der Waals surface area contributed by atoms with Crippen molar-refractivity contribution >= 4 is 5.91 Å². The maximum Gasteiger partial charge on any atom is 0.239 e. The molecular weight excluding hydrogens is 226 g/mol. The summed E-state index contributed by atoms with van der Waals surface area (Å²) in [6, 6.07) is 0. The van der Waals surface area contributed by atoms with Crippen LogP contribution in [0.15, 0.2) is 0 Å². The third-order valence-electron chi connectivity index (χ3n) is 4.58. The molecule has 2 fully saturated rings. The van der Waals surface area contributed by atoms with Crippen LogP contribution in [-0.2, 0) is 4.79 Å². The van der Waals surface area contributed by atoms with Gasteiger partial charge in [-0.2, -0.15) is 0 Å². The van der Waals surface area contributed by atoms with Gasteiger partial charge < -0.3 is 16.0 Å². The van der Waals surface area contributed by atoms with Crippen LogP contribution >= 0.6 is 0 Å². The standard InChI is InChI=1S/C14H27N3O/c1-16-14(13(15)18,12-7-8-12)11-17-9-5-3-2-4-6-10-17/h12,16H,2-11H2,1H3,(H2,15,18). The highest BCUT2D eigenvalue weighted by Crippen LogP contribution is 2.40. The Labute approximate surface area is 110 Å². The summed E-state index contributed by atoms with van der Waals surface area (Å²) < 4.78 is 0. The maximum absolute atomic E-state index is 11.9. The molecule has 2 rings (SSSR count). The Morgan fingerprint density at radius 1 is 1.22 bits per heavy atom. The molecule has 4 heteroatoms. The summed E-state index contributed by atoms with van der Waals surface area (Å²) in [7, 11) is 1.88. The maximum atomic E-state index is 11.9. The molecule has 0 bridgehead atoms. The van der Waals surface area contributed by atoms with Crippen molar-refractivity contribution < 1.29 is 4.79 Å². The number of likely N-dealkylation sites (tertiary alicyclic amines) is 1. The van der Waals surface area contributed by atoms with E-state index >= 15 is 0 Å². The fraction of sp³-hybridized carbons (Fsp3) is 0.929. The van der Waals surface area contributed by atoms with Crippen LogP contribution in [0.5, 0.6) is 0 Å². The molecule has 1 atom stereocenters. The number of nitrogens with zero attached hydrogens (tertiary/aromatic N) is 1. The highest BCUT2D eigenvalue weighted by molar-refractivity contribution is 5.86. The summed E-state index contributed by atoms with van der Waals surface area (Å²) in [6.07, 6.45) is 8.79. The van der Waals surface area contributed by atoms with Crippen LogP contribution in [0.1, 0.15) is 44.9 Å². The molecular formula is C14H27N3O. The molecule has 0 aromatic heterocycles. The molecule has 1 saturated heterocycles. The van der Waals surface area contributed by atoms with Crippen molar-refractivity contribution in [1.82, 2.24) is 10.2 Å². The summed E-state index contributed by atoms with van der Waals surface area (Å²) >= 11 is 0. The van der Waals surface area contributed by atoms with Gasteiger partial charge >= 0.3 is 0 Å². The highest BCUT2D eigenvalue weighted by atomic mass is 16.1. The van der Waals surface area contributed by atoms with Crippen molar-refractivity contribution in [2.75, 3.05) is 26.7 Å². The Hall–Kier alpha value is -0.610. The van der Waals surface area contributed by atoms with Crippen LogP contribution in [0.2, 0.25) is 0 Å². The van der Waals surface area contributed by atoms with E-state index in [9.17, 15) is 4.79 Å². The first-order valence-electron chi connectivity index (χ1n) is 7.40. The van der Waals surface area contributed by atoms with E-state index in [1.165, 1.54) is 32.1 Å². The second-order valence-electron chi connectivity index (χ2n) is 5.90. The van der Waals surface area contributed by atoms with Crippen molar-refractivity contribution in [1.29, 1.82) is 0 Å². The number of hydrogen-bond donors (Lipinski definition) is 2. The average molecular weight is 253 g/mol. The minimum Gasteiger partial charge on any atom is -0.368 e. The predicted molar refractivity (Wildman–Crippen MR) is 73.2 cm³/mol. The number of amides is 1. The van der Waals surface area contributed by atoms with Gasteiger partial charge in [0, 0.05) is 6.54 Å². The fourth-order valence-electron chi connectivity index (χ4n) is 3.21. The number of carbonyl (C=O) groups excluding carboxylic acids is 1. The molecule has 4 nitrogen and oxygen atoms in total. The Bertz CT molecular complexity index is 283. The zero-order valence-corrected chi connectivity index (χ0v) is 11.6.